The van der Waals surface area contributed by atoms with Crippen molar-refractivity contribution < 1.29 is 9.21 Å². The molecule has 114 valence electrons. The predicted molar refractivity (Wildman–Crippen MR) is 80.8 cm³/mol. The van der Waals surface area contributed by atoms with E-state index in [-0.39, 0.29) is 11.4 Å². The van der Waals surface area contributed by atoms with E-state index in [0.717, 1.165) is 43.4 Å². The van der Waals surface area contributed by atoms with E-state index in [2.05, 4.69) is 15.3 Å². The molecule has 1 amide bonds. The van der Waals surface area contributed by atoms with Gasteiger partial charge in [0.05, 0.1) is 6.20 Å². The number of anilines is 1. The monoisotopic (exact) mass is 299 g/mol. The number of carbonyl (C=O) groups is 1. The first-order chi connectivity index (χ1) is 10.7. The molecule has 3 rings (SSSR count). The van der Waals surface area contributed by atoms with E-state index < -0.39 is 11.5 Å². The molecular formula is C16H17N3O3. The number of nitrogens with zero attached hydrogens (tertiary/aromatic N) is 2. The molecule has 2 aromatic heterocycles. The summed E-state index contributed by atoms with van der Waals surface area (Å²) in [4.78, 5) is 31.9. The molecule has 2 heterocycles. The highest BCUT2D eigenvalue weighted by Gasteiger charge is 2.16. The third kappa shape index (κ3) is 3.21. The molecule has 2 aromatic rings. The van der Waals surface area contributed by atoms with Crippen LogP contribution in [0.1, 0.15) is 47.5 Å². The third-order valence-electron chi connectivity index (χ3n) is 3.76. The van der Waals surface area contributed by atoms with Gasteiger partial charge in [-0.25, -0.2) is 9.78 Å². The van der Waals surface area contributed by atoms with Gasteiger partial charge in [0.25, 0.3) is 5.91 Å². The fraction of sp³-hybridized carbons (Fsp3) is 0.375. The van der Waals surface area contributed by atoms with Crippen molar-refractivity contribution in [2.45, 2.75) is 38.5 Å². The Balaban J connectivity index is 1.86. The van der Waals surface area contributed by atoms with E-state index in [9.17, 15) is 9.59 Å². The van der Waals surface area contributed by atoms with Crippen molar-refractivity contribution in [3.63, 3.8) is 0 Å². The van der Waals surface area contributed by atoms with E-state index in [0.29, 0.717) is 0 Å². The summed E-state index contributed by atoms with van der Waals surface area (Å²) in [6, 6.07) is 1.74. The third-order valence-corrected chi connectivity index (χ3v) is 3.76. The van der Waals surface area contributed by atoms with Gasteiger partial charge < -0.3 is 9.73 Å². The maximum Gasteiger partial charge on any atom is 0.359 e. The van der Waals surface area contributed by atoms with Crippen molar-refractivity contribution in [3.05, 3.63) is 52.1 Å². The van der Waals surface area contributed by atoms with E-state index in [1.54, 1.807) is 6.07 Å². The van der Waals surface area contributed by atoms with Gasteiger partial charge >= 0.3 is 5.63 Å². The number of carbonyl (C=O) groups excluding carboxylic acids is 1. The van der Waals surface area contributed by atoms with E-state index in [1.807, 2.05) is 0 Å². The van der Waals surface area contributed by atoms with Crippen molar-refractivity contribution in [2.75, 3.05) is 5.32 Å². The second kappa shape index (κ2) is 6.51. The van der Waals surface area contributed by atoms with Crippen molar-refractivity contribution in [2.24, 2.45) is 0 Å². The van der Waals surface area contributed by atoms with Crippen molar-refractivity contribution in [3.8, 4) is 0 Å². The Kier molecular flexibility index (Phi) is 4.27. The van der Waals surface area contributed by atoms with Crippen molar-refractivity contribution >= 4 is 11.6 Å². The molecule has 1 N–H and O–H groups in total. The van der Waals surface area contributed by atoms with Crippen LogP contribution in [-0.2, 0) is 12.8 Å². The lowest BCUT2D eigenvalue weighted by Gasteiger charge is -2.13. The predicted octanol–water partition coefficient (Wildman–Crippen LogP) is 2.34. The molecule has 0 saturated heterocycles. The number of amides is 1. The number of nitrogens with one attached hydrogen (secondary N) is 1. The Morgan fingerprint density at radius 2 is 1.95 bits per heavy atom. The van der Waals surface area contributed by atoms with Gasteiger partial charge in [-0.2, -0.15) is 0 Å². The maximum absolute atomic E-state index is 12.1. The SMILES string of the molecule is O=C(Nc1cc2c(oc1=O)CCCCCC2)c1cnccn1. The van der Waals surface area contributed by atoms with Crippen LogP contribution >= 0.6 is 0 Å². The molecule has 0 aliphatic heterocycles. The van der Waals surface area contributed by atoms with E-state index in [4.69, 9.17) is 4.42 Å². The van der Waals surface area contributed by atoms with Crippen LogP contribution < -0.4 is 10.9 Å². The van der Waals surface area contributed by atoms with Crippen LogP contribution in [0.2, 0.25) is 0 Å². The lowest BCUT2D eigenvalue weighted by Crippen LogP contribution is -2.20. The zero-order chi connectivity index (χ0) is 15.4. The van der Waals surface area contributed by atoms with Gasteiger partial charge in [-0.1, -0.05) is 12.8 Å². The number of hydrogen-bond acceptors (Lipinski definition) is 5. The second-order valence-electron chi connectivity index (χ2n) is 5.35. The lowest BCUT2D eigenvalue weighted by molar-refractivity contribution is 0.102. The van der Waals surface area contributed by atoms with Gasteiger partial charge in [0.1, 0.15) is 17.1 Å². The largest absolute Gasteiger partial charge is 0.426 e. The molecule has 6 nitrogen and oxygen atoms in total. The Labute approximate surface area is 127 Å². The molecule has 6 heteroatoms. The molecule has 0 atom stereocenters. The summed E-state index contributed by atoms with van der Waals surface area (Å²) < 4.78 is 5.40. The average molecular weight is 299 g/mol. The highest BCUT2D eigenvalue weighted by atomic mass is 16.4. The number of rotatable bonds is 2. The Hall–Kier alpha value is -2.50. The zero-order valence-electron chi connectivity index (χ0n) is 12.2. The maximum atomic E-state index is 12.1. The molecule has 0 unspecified atom stereocenters. The minimum Gasteiger partial charge on any atom is -0.426 e. The summed E-state index contributed by atoms with van der Waals surface area (Å²) in [6.07, 6.45) is 10.3. The minimum atomic E-state index is -0.517. The highest BCUT2D eigenvalue weighted by Crippen LogP contribution is 2.21. The molecule has 0 radical (unpaired) electrons. The smallest absolute Gasteiger partial charge is 0.359 e. The number of aryl methyl sites for hydroxylation is 2. The highest BCUT2D eigenvalue weighted by molar-refractivity contribution is 6.02. The van der Waals surface area contributed by atoms with Crippen molar-refractivity contribution in [1.29, 1.82) is 0 Å². The Morgan fingerprint density at radius 3 is 2.73 bits per heavy atom. The summed E-state index contributed by atoms with van der Waals surface area (Å²) in [7, 11) is 0. The molecule has 0 saturated carbocycles. The Morgan fingerprint density at radius 1 is 1.14 bits per heavy atom. The lowest BCUT2D eigenvalue weighted by atomic mass is 9.98. The van der Waals surface area contributed by atoms with Gasteiger partial charge in [-0.15, -0.1) is 0 Å². The van der Waals surface area contributed by atoms with Crippen LogP contribution in [0.15, 0.2) is 33.9 Å². The summed E-state index contributed by atoms with van der Waals surface area (Å²) in [5.41, 5.74) is 0.814. The van der Waals surface area contributed by atoms with Crippen LogP contribution in [0.25, 0.3) is 0 Å². The van der Waals surface area contributed by atoms with Crippen LogP contribution in [0.3, 0.4) is 0 Å². The van der Waals surface area contributed by atoms with Crippen molar-refractivity contribution in [1.82, 2.24) is 9.97 Å². The normalized spacial score (nSPS) is 14.5. The molecule has 22 heavy (non-hydrogen) atoms. The quantitative estimate of drug-likeness (QED) is 0.920. The van der Waals surface area contributed by atoms with Gasteiger partial charge in [0.2, 0.25) is 0 Å². The average Bonchev–Trinajstić information content (AvgIpc) is 2.52. The summed E-state index contributed by atoms with van der Waals surface area (Å²) in [5.74, 6) is 0.286. The fourth-order valence-electron chi connectivity index (χ4n) is 2.61. The van der Waals surface area contributed by atoms with Crippen LogP contribution in [0.4, 0.5) is 5.69 Å². The molecule has 1 aliphatic carbocycles. The topological polar surface area (TPSA) is 85.1 Å². The minimum absolute atomic E-state index is 0.161. The summed E-state index contributed by atoms with van der Waals surface area (Å²) in [6.45, 7) is 0. The molecule has 0 bridgehead atoms. The molecule has 0 aromatic carbocycles. The first kappa shape index (κ1) is 14.4. The number of hydrogen-bond donors (Lipinski definition) is 1. The molecule has 1 aliphatic rings. The Bertz CT molecular complexity index is 725. The molecule has 0 spiro atoms. The van der Waals surface area contributed by atoms with Gasteiger partial charge in [-0.3, -0.25) is 9.78 Å². The molecular weight excluding hydrogens is 282 g/mol. The second-order valence-corrected chi connectivity index (χ2v) is 5.35. The van der Waals surface area contributed by atoms with Crippen LogP contribution in [0, 0.1) is 0 Å². The van der Waals surface area contributed by atoms with E-state index >= 15 is 0 Å². The number of fused-ring (bicyclic) bond motifs is 1. The van der Waals surface area contributed by atoms with E-state index in [1.165, 1.54) is 25.0 Å². The van der Waals surface area contributed by atoms with Gasteiger partial charge in [-0.05, 0) is 30.9 Å². The van der Waals surface area contributed by atoms with Crippen LogP contribution in [0.5, 0.6) is 0 Å². The molecule has 0 fully saturated rings. The van der Waals surface area contributed by atoms with Crippen LogP contribution in [-0.4, -0.2) is 15.9 Å². The zero-order valence-corrected chi connectivity index (χ0v) is 12.2. The van der Waals surface area contributed by atoms with Gasteiger partial charge in [0, 0.05) is 18.8 Å². The van der Waals surface area contributed by atoms with Gasteiger partial charge in [0.15, 0.2) is 0 Å². The first-order valence-electron chi connectivity index (χ1n) is 7.47. The number of aromatic nitrogens is 2. The summed E-state index contributed by atoms with van der Waals surface area (Å²) >= 11 is 0. The first-order valence-corrected chi connectivity index (χ1v) is 7.47. The summed E-state index contributed by atoms with van der Waals surface area (Å²) in [5, 5.41) is 2.56. The standard InChI is InChI=1S/C16H17N3O3/c20-15(13-10-17-7-8-18-13)19-12-9-11-5-3-1-2-4-6-14(11)22-16(12)21/h7-10H,1-6H2,(H,19,20). The fourth-order valence-corrected chi connectivity index (χ4v) is 2.61.